The first-order valence-electron chi connectivity index (χ1n) is 6.10. The molecule has 0 unspecified atom stereocenters. The molecule has 0 spiro atoms. The molecule has 20 heavy (non-hydrogen) atoms. The molecule has 5 nitrogen and oxygen atoms in total. The number of nitrogens with two attached hydrogens (primary N) is 1. The number of hydrogen-bond acceptors (Lipinski definition) is 5. The molecule has 0 radical (unpaired) electrons. The van der Waals surface area contributed by atoms with E-state index in [4.69, 9.17) is 5.84 Å². The lowest BCUT2D eigenvalue weighted by atomic mass is 10.3. The van der Waals surface area contributed by atoms with E-state index < -0.39 is 0 Å². The fraction of sp³-hybridized carbons (Fsp3) is 0.143. The fourth-order valence-corrected chi connectivity index (χ4v) is 2.57. The Morgan fingerprint density at radius 1 is 1.30 bits per heavy atom. The molecular formula is C14H16N4OS. The lowest BCUT2D eigenvalue weighted by Gasteiger charge is -2.08. The van der Waals surface area contributed by atoms with Crippen LogP contribution in [-0.2, 0) is 10.5 Å². The van der Waals surface area contributed by atoms with Crippen LogP contribution in [0, 0.1) is 0 Å². The van der Waals surface area contributed by atoms with Gasteiger partial charge in [-0.05, 0) is 30.3 Å². The first-order chi connectivity index (χ1) is 9.69. The van der Waals surface area contributed by atoms with Crippen LogP contribution in [0.3, 0.4) is 0 Å². The van der Waals surface area contributed by atoms with E-state index in [-0.39, 0.29) is 5.91 Å². The number of hydrazine groups is 1. The summed E-state index contributed by atoms with van der Waals surface area (Å²) in [6.45, 7) is 1.49. The minimum absolute atomic E-state index is 0.0700. The number of benzene rings is 1. The van der Waals surface area contributed by atoms with Crippen LogP contribution in [0.1, 0.15) is 12.5 Å². The van der Waals surface area contributed by atoms with E-state index in [0.717, 1.165) is 21.9 Å². The highest BCUT2D eigenvalue weighted by molar-refractivity contribution is 7.98. The van der Waals surface area contributed by atoms with Gasteiger partial charge >= 0.3 is 0 Å². The Labute approximate surface area is 121 Å². The second-order valence-electron chi connectivity index (χ2n) is 4.15. The van der Waals surface area contributed by atoms with E-state index in [1.165, 1.54) is 6.92 Å². The summed E-state index contributed by atoms with van der Waals surface area (Å²) in [4.78, 5) is 16.2. The van der Waals surface area contributed by atoms with Crippen molar-refractivity contribution in [2.24, 2.45) is 5.84 Å². The van der Waals surface area contributed by atoms with Gasteiger partial charge in [0.15, 0.2) is 0 Å². The minimum Gasteiger partial charge on any atom is -0.326 e. The topological polar surface area (TPSA) is 80.0 Å². The first kappa shape index (κ1) is 14.4. The Hall–Kier alpha value is -2.05. The summed E-state index contributed by atoms with van der Waals surface area (Å²) in [5.74, 6) is 6.81. The molecule has 0 fully saturated rings. The van der Waals surface area contributed by atoms with Crippen molar-refractivity contribution in [3.63, 3.8) is 0 Å². The Balaban J connectivity index is 1.98. The molecule has 4 N–H and O–H groups in total. The first-order valence-corrected chi connectivity index (χ1v) is 7.08. The van der Waals surface area contributed by atoms with Crippen LogP contribution in [0.15, 0.2) is 47.5 Å². The molecule has 1 amide bonds. The minimum atomic E-state index is -0.0700. The Kier molecular flexibility index (Phi) is 4.97. The van der Waals surface area contributed by atoms with Gasteiger partial charge in [0.1, 0.15) is 5.82 Å². The summed E-state index contributed by atoms with van der Waals surface area (Å²) in [5, 5.41) is 2.74. The zero-order valence-electron chi connectivity index (χ0n) is 11.1. The molecule has 0 aliphatic carbocycles. The van der Waals surface area contributed by atoms with Crippen LogP contribution in [0.5, 0.6) is 0 Å². The van der Waals surface area contributed by atoms with E-state index in [9.17, 15) is 4.79 Å². The van der Waals surface area contributed by atoms with Crippen LogP contribution in [-0.4, -0.2) is 10.9 Å². The Morgan fingerprint density at radius 3 is 2.70 bits per heavy atom. The van der Waals surface area contributed by atoms with Crippen molar-refractivity contribution in [1.29, 1.82) is 0 Å². The Bertz CT molecular complexity index is 586. The average molecular weight is 288 g/mol. The maximum absolute atomic E-state index is 10.9. The van der Waals surface area contributed by atoms with Gasteiger partial charge in [0, 0.05) is 35.0 Å². The quantitative estimate of drug-likeness (QED) is 0.448. The monoisotopic (exact) mass is 288 g/mol. The van der Waals surface area contributed by atoms with Gasteiger partial charge in [-0.15, -0.1) is 11.8 Å². The van der Waals surface area contributed by atoms with Crippen LogP contribution in [0.4, 0.5) is 11.5 Å². The van der Waals surface area contributed by atoms with Crippen LogP contribution in [0.2, 0.25) is 0 Å². The number of carbonyl (C=O) groups excluding carboxylic acids is 1. The van der Waals surface area contributed by atoms with E-state index in [1.54, 1.807) is 18.0 Å². The van der Waals surface area contributed by atoms with Crippen molar-refractivity contribution in [1.82, 2.24) is 4.98 Å². The van der Waals surface area contributed by atoms with Gasteiger partial charge in [-0.3, -0.25) is 4.79 Å². The number of nitrogen functional groups attached to an aromatic ring is 1. The van der Waals surface area contributed by atoms with Gasteiger partial charge in [0.05, 0.1) is 0 Å². The lowest BCUT2D eigenvalue weighted by molar-refractivity contribution is -0.114. The third kappa shape index (κ3) is 3.97. The molecule has 2 rings (SSSR count). The van der Waals surface area contributed by atoms with Crippen molar-refractivity contribution in [2.75, 3.05) is 10.7 Å². The molecule has 1 aromatic heterocycles. The van der Waals surface area contributed by atoms with Crippen LogP contribution >= 0.6 is 11.8 Å². The highest BCUT2D eigenvalue weighted by atomic mass is 32.2. The van der Waals surface area contributed by atoms with Gasteiger partial charge in [-0.2, -0.15) is 0 Å². The van der Waals surface area contributed by atoms with Gasteiger partial charge in [0.2, 0.25) is 5.91 Å². The molecule has 0 bridgehead atoms. The van der Waals surface area contributed by atoms with Crippen molar-refractivity contribution in [3.8, 4) is 0 Å². The molecule has 6 heteroatoms. The summed E-state index contributed by atoms with van der Waals surface area (Å²) < 4.78 is 0. The highest BCUT2D eigenvalue weighted by Gasteiger charge is 2.03. The highest BCUT2D eigenvalue weighted by Crippen LogP contribution is 2.26. The predicted molar refractivity (Wildman–Crippen MR) is 82.4 cm³/mol. The van der Waals surface area contributed by atoms with Crippen molar-refractivity contribution >= 4 is 29.2 Å². The van der Waals surface area contributed by atoms with E-state index in [1.807, 2.05) is 36.4 Å². The number of rotatable bonds is 5. The standard InChI is InChI=1S/C14H16N4OS/c1-10(19)17-12-4-6-13(7-5-12)20-9-11-3-2-8-16-14(11)18-15/h2-8H,9,15H2,1H3,(H,16,18)(H,17,19). The van der Waals surface area contributed by atoms with E-state index in [0.29, 0.717) is 5.82 Å². The molecule has 0 saturated carbocycles. The lowest BCUT2D eigenvalue weighted by Crippen LogP contribution is -2.10. The predicted octanol–water partition coefficient (Wildman–Crippen LogP) is 2.62. The number of hydrogen-bond donors (Lipinski definition) is 3. The second kappa shape index (κ2) is 6.93. The number of nitrogens with one attached hydrogen (secondary N) is 2. The zero-order valence-corrected chi connectivity index (χ0v) is 11.9. The fourth-order valence-electron chi connectivity index (χ4n) is 1.68. The third-order valence-electron chi connectivity index (χ3n) is 2.60. The number of aromatic nitrogens is 1. The van der Waals surface area contributed by atoms with Crippen molar-refractivity contribution in [2.45, 2.75) is 17.6 Å². The van der Waals surface area contributed by atoms with Crippen molar-refractivity contribution < 1.29 is 4.79 Å². The number of thioether (sulfide) groups is 1. The zero-order chi connectivity index (χ0) is 14.4. The maximum atomic E-state index is 10.9. The van der Waals surface area contributed by atoms with Gasteiger partial charge in [-0.25, -0.2) is 10.8 Å². The summed E-state index contributed by atoms with van der Waals surface area (Å²) in [7, 11) is 0. The third-order valence-corrected chi connectivity index (χ3v) is 3.66. The number of anilines is 2. The van der Waals surface area contributed by atoms with E-state index in [2.05, 4.69) is 15.7 Å². The molecule has 1 aromatic carbocycles. The molecule has 0 aliphatic heterocycles. The Morgan fingerprint density at radius 2 is 2.05 bits per heavy atom. The molecule has 1 heterocycles. The summed E-state index contributed by atoms with van der Waals surface area (Å²) >= 11 is 1.68. The normalized spacial score (nSPS) is 10.1. The average Bonchev–Trinajstić information content (AvgIpc) is 2.46. The van der Waals surface area contributed by atoms with Crippen molar-refractivity contribution in [3.05, 3.63) is 48.2 Å². The summed E-state index contributed by atoms with van der Waals surface area (Å²) in [6, 6.07) is 11.6. The second-order valence-corrected chi connectivity index (χ2v) is 5.20. The van der Waals surface area contributed by atoms with Gasteiger partial charge in [0.25, 0.3) is 0 Å². The van der Waals surface area contributed by atoms with Gasteiger partial charge in [-0.1, -0.05) is 6.07 Å². The molecule has 104 valence electrons. The number of carbonyl (C=O) groups is 1. The van der Waals surface area contributed by atoms with Crippen LogP contribution < -0.4 is 16.6 Å². The number of amides is 1. The van der Waals surface area contributed by atoms with Crippen LogP contribution in [0.25, 0.3) is 0 Å². The largest absolute Gasteiger partial charge is 0.326 e. The van der Waals surface area contributed by atoms with Gasteiger partial charge < -0.3 is 10.7 Å². The molecular weight excluding hydrogens is 272 g/mol. The summed E-state index contributed by atoms with van der Waals surface area (Å²) in [6.07, 6.45) is 1.70. The molecule has 2 aromatic rings. The molecule has 0 atom stereocenters. The van der Waals surface area contributed by atoms with E-state index >= 15 is 0 Å². The SMILES string of the molecule is CC(=O)Nc1ccc(SCc2cccnc2NN)cc1. The summed E-state index contributed by atoms with van der Waals surface area (Å²) in [5.41, 5.74) is 4.44. The molecule has 0 saturated heterocycles. The smallest absolute Gasteiger partial charge is 0.221 e. The number of pyridine rings is 1. The number of nitrogens with zero attached hydrogens (tertiary/aromatic N) is 1. The maximum Gasteiger partial charge on any atom is 0.221 e. The molecule has 0 aliphatic rings.